The number of benzene rings is 2. The van der Waals surface area contributed by atoms with Crippen molar-refractivity contribution in [2.24, 2.45) is 0 Å². The highest BCUT2D eigenvalue weighted by Gasteiger charge is 2.22. The Morgan fingerprint density at radius 2 is 1.70 bits per heavy atom. The minimum absolute atomic E-state index is 0.136. The summed E-state index contributed by atoms with van der Waals surface area (Å²) in [6.07, 6.45) is 3.48. The summed E-state index contributed by atoms with van der Waals surface area (Å²) >= 11 is 1.80. The maximum Gasteiger partial charge on any atom is 0.301 e. The Morgan fingerprint density at radius 3 is 2.52 bits per heavy atom. The molecule has 1 saturated heterocycles. The van der Waals surface area contributed by atoms with E-state index in [1.165, 1.54) is 12.0 Å². The molecule has 1 amide bonds. The van der Waals surface area contributed by atoms with Crippen LogP contribution in [0.15, 0.2) is 59.0 Å². The quantitative estimate of drug-likeness (QED) is 0.654. The van der Waals surface area contributed by atoms with E-state index in [4.69, 9.17) is 4.42 Å². The van der Waals surface area contributed by atoms with Crippen molar-refractivity contribution in [3.63, 3.8) is 0 Å². The Hall–Kier alpha value is -2.24. The van der Waals surface area contributed by atoms with Crippen molar-refractivity contribution < 1.29 is 9.21 Å². The summed E-state index contributed by atoms with van der Waals surface area (Å²) < 4.78 is 5.95. The van der Waals surface area contributed by atoms with Crippen molar-refractivity contribution in [2.45, 2.75) is 30.8 Å². The Labute approximate surface area is 163 Å². The normalized spacial score (nSPS) is 15.1. The number of carbonyl (C=O) groups excluding carboxylic acids is 1. The molecule has 4 nitrogen and oxygen atoms in total. The molecule has 0 unspecified atom stereocenters. The molecule has 0 bridgehead atoms. The Morgan fingerprint density at radius 1 is 0.963 bits per heavy atom. The number of furan rings is 1. The summed E-state index contributed by atoms with van der Waals surface area (Å²) in [5.74, 6) is 1.97. The molecule has 2 aromatic carbocycles. The zero-order valence-corrected chi connectivity index (χ0v) is 16.1. The fourth-order valence-corrected chi connectivity index (χ4v) is 4.49. The average Bonchev–Trinajstić information content (AvgIpc) is 3.09. The van der Waals surface area contributed by atoms with Crippen LogP contribution >= 0.6 is 11.8 Å². The molecule has 1 N–H and O–H groups in total. The predicted octanol–water partition coefficient (Wildman–Crippen LogP) is 5.00. The summed E-state index contributed by atoms with van der Waals surface area (Å²) in [5.41, 5.74) is 6.08. The highest BCUT2D eigenvalue weighted by molar-refractivity contribution is 7.97. The molecule has 0 aliphatic carbocycles. The molecule has 1 aliphatic rings. The van der Waals surface area contributed by atoms with Crippen LogP contribution < -0.4 is 5.43 Å². The molecule has 0 atom stereocenters. The molecule has 1 aromatic heterocycles. The monoisotopic (exact) mass is 380 g/mol. The van der Waals surface area contributed by atoms with Gasteiger partial charge in [-0.25, -0.2) is 5.01 Å². The highest BCUT2D eigenvalue weighted by atomic mass is 32.2. The molecule has 0 radical (unpaired) electrons. The summed E-state index contributed by atoms with van der Waals surface area (Å²) in [6, 6.07) is 18.3. The summed E-state index contributed by atoms with van der Waals surface area (Å²) in [5, 5.41) is 3.04. The van der Waals surface area contributed by atoms with Crippen LogP contribution in [-0.2, 0) is 11.5 Å². The van der Waals surface area contributed by atoms with E-state index in [2.05, 4.69) is 29.7 Å². The van der Waals surface area contributed by atoms with Gasteiger partial charge in [0.05, 0.1) is 0 Å². The second-order valence-corrected chi connectivity index (χ2v) is 7.86. The van der Waals surface area contributed by atoms with Crippen LogP contribution in [0.1, 0.15) is 40.9 Å². The van der Waals surface area contributed by atoms with Gasteiger partial charge >= 0.3 is 5.91 Å². The molecule has 2 heterocycles. The number of piperidine rings is 1. The molecule has 1 aliphatic heterocycles. The van der Waals surface area contributed by atoms with Crippen LogP contribution in [0.3, 0.4) is 0 Å². The number of nitrogens with one attached hydrogen (secondary N) is 1. The zero-order valence-electron chi connectivity index (χ0n) is 15.3. The largest absolute Gasteiger partial charge is 0.451 e. The van der Waals surface area contributed by atoms with E-state index in [-0.39, 0.29) is 5.91 Å². The van der Waals surface area contributed by atoms with Crippen LogP contribution in [-0.4, -0.2) is 24.0 Å². The van der Waals surface area contributed by atoms with Crippen LogP contribution in [0.25, 0.3) is 11.0 Å². The third-order valence-electron chi connectivity index (χ3n) is 4.88. The number of para-hydroxylation sites is 1. The molecule has 140 valence electrons. The van der Waals surface area contributed by atoms with Crippen molar-refractivity contribution in [3.8, 4) is 0 Å². The first-order chi connectivity index (χ1) is 13.3. The molecule has 5 heteroatoms. The van der Waals surface area contributed by atoms with E-state index in [9.17, 15) is 4.79 Å². The van der Waals surface area contributed by atoms with Crippen molar-refractivity contribution in [3.05, 3.63) is 71.5 Å². The van der Waals surface area contributed by atoms with Gasteiger partial charge in [-0.05, 0) is 24.5 Å². The van der Waals surface area contributed by atoms with E-state index in [1.54, 1.807) is 11.8 Å². The second kappa shape index (κ2) is 8.63. The maximum atomic E-state index is 12.9. The number of nitrogens with zero attached hydrogens (tertiary/aromatic N) is 1. The van der Waals surface area contributed by atoms with Gasteiger partial charge < -0.3 is 4.42 Å². The van der Waals surface area contributed by atoms with Gasteiger partial charge in [-0.3, -0.25) is 10.2 Å². The minimum atomic E-state index is -0.136. The van der Waals surface area contributed by atoms with Gasteiger partial charge in [0.2, 0.25) is 0 Å². The van der Waals surface area contributed by atoms with E-state index < -0.39 is 0 Å². The number of hydrazine groups is 1. The number of fused-ring (bicyclic) bond motifs is 1. The number of hydrogen-bond donors (Lipinski definition) is 1. The van der Waals surface area contributed by atoms with Crippen LogP contribution in [0, 0.1) is 0 Å². The van der Waals surface area contributed by atoms with Crippen molar-refractivity contribution in [1.29, 1.82) is 0 Å². The molecule has 0 spiro atoms. The number of carbonyl (C=O) groups is 1. The number of amides is 1. The molecule has 0 saturated carbocycles. The summed E-state index contributed by atoms with van der Waals surface area (Å²) in [4.78, 5) is 12.9. The van der Waals surface area contributed by atoms with E-state index >= 15 is 0 Å². The van der Waals surface area contributed by atoms with Gasteiger partial charge in [0.1, 0.15) is 5.58 Å². The smallest absolute Gasteiger partial charge is 0.301 e. The number of thioether (sulfide) groups is 1. The second-order valence-electron chi connectivity index (χ2n) is 6.87. The molecular formula is C22H24N2O2S. The first-order valence-corrected chi connectivity index (χ1v) is 10.6. The summed E-state index contributed by atoms with van der Waals surface area (Å²) in [7, 11) is 0. The van der Waals surface area contributed by atoms with Gasteiger partial charge in [-0.2, -0.15) is 11.8 Å². The minimum Gasteiger partial charge on any atom is -0.451 e. The molecule has 1 fully saturated rings. The third kappa shape index (κ3) is 4.37. The SMILES string of the molecule is O=C(NN1CCCCC1)c1oc2ccccc2c1CSCc1ccccc1. The van der Waals surface area contributed by atoms with Crippen molar-refractivity contribution in [1.82, 2.24) is 10.4 Å². The van der Waals surface area contributed by atoms with Gasteiger partial charge in [0, 0.05) is 35.5 Å². The zero-order chi connectivity index (χ0) is 18.5. The lowest BCUT2D eigenvalue weighted by molar-refractivity contribution is 0.0722. The van der Waals surface area contributed by atoms with Gasteiger partial charge in [0.25, 0.3) is 0 Å². The van der Waals surface area contributed by atoms with E-state index in [0.29, 0.717) is 5.76 Å². The van der Waals surface area contributed by atoms with Crippen LogP contribution in [0.2, 0.25) is 0 Å². The predicted molar refractivity (Wildman–Crippen MR) is 111 cm³/mol. The van der Waals surface area contributed by atoms with Crippen molar-refractivity contribution >= 4 is 28.6 Å². The van der Waals surface area contributed by atoms with Gasteiger partial charge in [-0.1, -0.05) is 55.0 Å². The van der Waals surface area contributed by atoms with Crippen LogP contribution in [0.4, 0.5) is 0 Å². The Kier molecular flexibility index (Phi) is 5.80. The van der Waals surface area contributed by atoms with Gasteiger partial charge in [0.15, 0.2) is 5.76 Å². The lowest BCUT2D eigenvalue weighted by Gasteiger charge is -2.26. The molecule has 4 rings (SSSR count). The fourth-order valence-electron chi connectivity index (χ4n) is 3.47. The topological polar surface area (TPSA) is 45.5 Å². The number of hydrogen-bond acceptors (Lipinski definition) is 4. The molecule has 27 heavy (non-hydrogen) atoms. The molecular weight excluding hydrogens is 356 g/mol. The van der Waals surface area contributed by atoms with E-state index in [1.807, 2.05) is 35.3 Å². The average molecular weight is 381 g/mol. The van der Waals surface area contributed by atoms with Crippen molar-refractivity contribution in [2.75, 3.05) is 13.1 Å². The fraction of sp³-hybridized carbons (Fsp3) is 0.318. The third-order valence-corrected chi connectivity index (χ3v) is 5.91. The first-order valence-electron chi connectivity index (χ1n) is 9.49. The van der Waals surface area contributed by atoms with Gasteiger partial charge in [-0.15, -0.1) is 0 Å². The lowest BCUT2D eigenvalue weighted by Crippen LogP contribution is -2.45. The number of rotatable bonds is 6. The standard InChI is InChI=1S/C22H24N2O2S/c25-22(23-24-13-7-2-8-14-24)21-19(18-11-5-6-12-20(18)26-21)16-27-15-17-9-3-1-4-10-17/h1,3-6,9-12H,2,7-8,13-16H2,(H,23,25). The summed E-state index contributed by atoms with van der Waals surface area (Å²) in [6.45, 7) is 1.81. The highest BCUT2D eigenvalue weighted by Crippen LogP contribution is 2.30. The van der Waals surface area contributed by atoms with E-state index in [0.717, 1.165) is 54.0 Å². The maximum absolute atomic E-state index is 12.9. The molecule has 3 aromatic rings. The lowest BCUT2D eigenvalue weighted by atomic mass is 10.1. The van der Waals surface area contributed by atoms with Crippen LogP contribution in [0.5, 0.6) is 0 Å². The Balaban J connectivity index is 1.52. The first kappa shape index (κ1) is 18.1. The Bertz CT molecular complexity index is 901.